The second-order valence-electron chi connectivity index (χ2n) is 11.3. The number of rotatable bonds is 9. The average molecular weight is 503 g/mol. The molecule has 0 spiro atoms. The van der Waals surface area contributed by atoms with Crippen molar-refractivity contribution in [3.8, 4) is 0 Å². The summed E-state index contributed by atoms with van der Waals surface area (Å²) in [6, 6.07) is 8.45. The normalized spacial score (nSPS) is 16.5. The first-order chi connectivity index (χ1) is 17.0. The molecule has 1 aromatic carbocycles. The predicted molar refractivity (Wildman–Crippen MR) is 135 cm³/mol. The highest BCUT2D eigenvalue weighted by Crippen LogP contribution is 2.33. The van der Waals surface area contributed by atoms with Gasteiger partial charge in [0.15, 0.2) is 0 Å². The highest BCUT2D eigenvalue weighted by Gasteiger charge is 2.35. The summed E-state index contributed by atoms with van der Waals surface area (Å²) in [4.78, 5) is 21.3. The number of halogens is 3. The fourth-order valence-corrected chi connectivity index (χ4v) is 4.70. The number of alkyl halides is 3. The van der Waals surface area contributed by atoms with Crippen molar-refractivity contribution in [3.05, 3.63) is 58.9 Å². The van der Waals surface area contributed by atoms with Gasteiger partial charge in [-0.15, -0.1) is 0 Å². The Morgan fingerprint density at radius 2 is 1.94 bits per heavy atom. The van der Waals surface area contributed by atoms with Crippen LogP contribution < -0.4 is 5.32 Å². The molecule has 36 heavy (non-hydrogen) atoms. The maximum Gasteiger partial charge on any atom is 0.418 e. The number of hydrogen-bond donors (Lipinski definition) is 1. The molecule has 0 saturated heterocycles. The number of fused-ring (bicyclic) bond motifs is 1. The topological polar surface area (TPSA) is 48.5 Å². The van der Waals surface area contributed by atoms with Crippen molar-refractivity contribution in [2.75, 3.05) is 31.5 Å². The maximum atomic E-state index is 13.5. The van der Waals surface area contributed by atoms with Crippen LogP contribution in [0, 0.1) is 11.3 Å². The van der Waals surface area contributed by atoms with E-state index < -0.39 is 11.7 Å². The third-order valence-electron chi connectivity index (χ3n) is 7.01. The lowest BCUT2D eigenvalue weighted by Crippen LogP contribution is -2.38. The van der Waals surface area contributed by atoms with Gasteiger partial charge in [0.25, 0.3) is 0 Å². The molecule has 1 amide bonds. The molecule has 0 bridgehead atoms. The van der Waals surface area contributed by atoms with E-state index in [4.69, 9.17) is 0 Å². The van der Waals surface area contributed by atoms with Gasteiger partial charge in [-0.1, -0.05) is 32.9 Å². The lowest BCUT2D eigenvalue weighted by molar-refractivity contribution is -0.140. The number of anilines is 1. The Hall–Kier alpha value is -2.61. The Balaban J connectivity index is 1.45. The average Bonchev–Trinajstić information content (AvgIpc) is 3.63. The van der Waals surface area contributed by atoms with Crippen molar-refractivity contribution in [3.63, 3.8) is 0 Å². The second-order valence-corrected chi connectivity index (χ2v) is 11.3. The summed E-state index contributed by atoms with van der Waals surface area (Å²) < 4.78 is 40.6. The molecule has 1 N–H and O–H groups in total. The van der Waals surface area contributed by atoms with Crippen LogP contribution in [0.1, 0.15) is 62.4 Å². The van der Waals surface area contributed by atoms with E-state index in [9.17, 15) is 18.0 Å². The summed E-state index contributed by atoms with van der Waals surface area (Å²) in [7, 11) is 0. The Morgan fingerprint density at radius 3 is 2.64 bits per heavy atom. The summed E-state index contributed by atoms with van der Waals surface area (Å²) in [6.07, 6.45) is 1.10. The molecule has 1 fully saturated rings. The fourth-order valence-electron chi connectivity index (χ4n) is 4.70. The van der Waals surface area contributed by atoms with Crippen molar-refractivity contribution >= 4 is 11.6 Å². The van der Waals surface area contributed by atoms with Gasteiger partial charge in [0.2, 0.25) is 5.91 Å². The number of aromatic nitrogens is 1. The molecule has 1 aromatic heterocycles. The largest absolute Gasteiger partial charge is 0.418 e. The van der Waals surface area contributed by atoms with Crippen LogP contribution >= 0.6 is 0 Å². The van der Waals surface area contributed by atoms with Crippen LogP contribution in [0.25, 0.3) is 0 Å². The quantitative estimate of drug-likeness (QED) is 0.475. The van der Waals surface area contributed by atoms with Gasteiger partial charge in [0, 0.05) is 38.1 Å². The minimum absolute atomic E-state index is 0.0283. The van der Waals surface area contributed by atoms with Gasteiger partial charge < -0.3 is 10.2 Å². The SMILES string of the molecule is CC(C)(C)CCN(Cc1ncccc1C(F)(F)F)C(=O)CNc1cccc2c1CCN(CC1CC1)C2. The number of nitrogens with one attached hydrogen (secondary N) is 1. The van der Waals surface area contributed by atoms with E-state index in [2.05, 4.69) is 42.0 Å². The standard InChI is InChI=1S/C28H37F3N4O/c1-27(2,3)12-15-35(19-25-23(28(29,30)31)7-5-13-32-25)26(36)16-33-24-8-4-6-21-18-34(14-11-22(21)24)17-20-9-10-20/h4-8,13,20,33H,9-12,14-19H2,1-3H3. The van der Waals surface area contributed by atoms with E-state index in [0.29, 0.717) is 13.0 Å². The second kappa shape index (κ2) is 10.8. The molecule has 0 atom stereocenters. The van der Waals surface area contributed by atoms with Crippen molar-refractivity contribution in [2.24, 2.45) is 11.3 Å². The first kappa shape index (κ1) is 26.5. The molecule has 1 aliphatic carbocycles. The lowest BCUT2D eigenvalue weighted by atomic mass is 9.92. The van der Waals surface area contributed by atoms with Gasteiger partial charge in [0.05, 0.1) is 24.3 Å². The van der Waals surface area contributed by atoms with Gasteiger partial charge >= 0.3 is 6.18 Å². The van der Waals surface area contributed by atoms with Gasteiger partial charge in [-0.05, 0) is 66.3 Å². The number of nitrogens with zero attached hydrogens (tertiary/aromatic N) is 3. The van der Waals surface area contributed by atoms with Crippen molar-refractivity contribution < 1.29 is 18.0 Å². The van der Waals surface area contributed by atoms with Gasteiger partial charge in [-0.25, -0.2) is 0 Å². The van der Waals surface area contributed by atoms with Crippen LogP contribution in [0.15, 0.2) is 36.5 Å². The minimum atomic E-state index is -4.52. The number of amides is 1. The molecule has 1 saturated carbocycles. The Kier molecular flexibility index (Phi) is 7.93. The zero-order valence-corrected chi connectivity index (χ0v) is 21.5. The lowest BCUT2D eigenvalue weighted by Gasteiger charge is -2.31. The van der Waals surface area contributed by atoms with E-state index in [1.54, 1.807) is 0 Å². The molecule has 0 unspecified atom stereocenters. The van der Waals surface area contributed by atoms with Gasteiger partial charge in [-0.2, -0.15) is 13.2 Å². The summed E-state index contributed by atoms with van der Waals surface area (Å²) in [6.45, 7) is 9.47. The fraction of sp³-hybridized carbons (Fsp3) is 0.571. The van der Waals surface area contributed by atoms with E-state index >= 15 is 0 Å². The Labute approximate surface area is 212 Å². The predicted octanol–water partition coefficient (Wildman–Crippen LogP) is 5.75. The highest BCUT2D eigenvalue weighted by atomic mass is 19.4. The molecule has 5 nitrogen and oxygen atoms in total. The molecule has 4 rings (SSSR count). The van der Waals surface area contributed by atoms with Crippen LogP contribution in [0.2, 0.25) is 0 Å². The zero-order chi connectivity index (χ0) is 25.9. The van der Waals surface area contributed by atoms with Gasteiger partial charge in [-0.3, -0.25) is 14.7 Å². The van der Waals surface area contributed by atoms with Crippen LogP contribution in [0.5, 0.6) is 0 Å². The molecule has 196 valence electrons. The van der Waals surface area contributed by atoms with Crippen LogP contribution in [-0.2, 0) is 30.5 Å². The number of hydrogen-bond acceptors (Lipinski definition) is 4. The minimum Gasteiger partial charge on any atom is -0.376 e. The van der Waals surface area contributed by atoms with Crippen LogP contribution in [0.3, 0.4) is 0 Å². The van der Waals surface area contributed by atoms with Crippen molar-refractivity contribution in [1.82, 2.24) is 14.8 Å². The van der Waals surface area contributed by atoms with E-state index in [0.717, 1.165) is 43.7 Å². The molecule has 2 aromatic rings. The van der Waals surface area contributed by atoms with Crippen LogP contribution in [-0.4, -0.2) is 46.9 Å². The van der Waals surface area contributed by atoms with Crippen LogP contribution in [0.4, 0.5) is 18.9 Å². The zero-order valence-electron chi connectivity index (χ0n) is 21.5. The number of pyridine rings is 1. The molecule has 1 aliphatic heterocycles. The molecule has 2 aliphatic rings. The van der Waals surface area contributed by atoms with E-state index in [1.807, 2.05) is 12.1 Å². The number of carbonyl (C=O) groups excluding carboxylic acids is 1. The molecular weight excluding hydrogens is 465 g/mol. The summed E-state index contributed by atoms with van der Waals surface area (Å²) >= 11 is 0. The third kappa shape index (κ3) is 7.21. The monoisotopic (exact) mass is 502 g/mol. The third-order valence-corrected chi connectivity index (χ3v) is 7.01. The smallest absolute Gasteiger partial charge is 0.376 e. The first-order valence-electron chi connectivity index (χ1n) is 12.9. The summed E-state index contributed by atoms with van der Waals surface area (Å²) in [5.41, 5.74) is 2.49. The van der Waals surface area contributed by atoms with Crippen molar-refractivity contribution in [1.29, 1.82) is 0 Å². The first-order valence-corrected chi connectivity index (χ1v) is 12.9. The highest BCUT2D eigenvalue weighted by molar-refractivity contribution is 5.81. The molecular formula is C28H37F3N4O. The molecule has 8 heteroatoms. The number of benzene rings is 1. The maximum absolute atomic E-state index is 13.5. The number of carbonyl (C=O) groups is 1. The van der Waals surface area contributed by atoms with E-state index in [1.165, 1.54) is 41.1 Å². The summed E-state index contributed by atoms with van der Waals surface area (Å²) in [5.74, 6) is 0.614. The molecule has 0 radical (unpaired) electrons. The summed E-state index contributed by atoms with van der Waals surface area (Å²) in [5, 5.41) is 3.30. The Morgan fingerprint density at radius 1 is 1.17 bits per heavy atom. The Bertz CT molecular complexity index is 1060. The van der Waals surface area contributed by atoms with Crippen molar-refractivity contribution in [2.45, 2.75) is 65.7 Å². The molecule has 2 heterocycles. The van der Waals surface area contributed by atoms with E-state index in [-0.39, 0.29) is 30.1 Å². The van der Waals surface area contributed by atoms with Gasteiger partial charge in [0.1, 0.15) is 0 Å².